The van der Waals surface area contributed by atoms with E-state index in [1.54, 1.807) is 6.20 Å². The number of hydrogen-bond donors (Lipinski definition) is 1. The standard InChI is InChI=1S/C19H23BrN2O2/c1-2-24-19(23)17-12-21-22-18(17)10-7-15(14-5-6-14)11-13-3-8-16(20)9-4-13/h3-4,8-9,12,14-15H,2,5-7,10-11H2,1H3,(H,21,22). The predicted octanol–water partition coefficient (Wildman–Crippen LogP) is 4.55. The summed E-state index contributed by atoms with van der Waals surface area (Å²) in [6, 6.07) is 8.59. The van der Waals surface area contributed by atoms with Gasteiger partial charge in [-0.2, -0.15) is 5.10 Å². The first-order chi connectivity index (χ1) is 11.7. The third-order valence-electron chi connectivity index (χ3n) is 4.67. The van der Waals surface area contributed by atoms with Crippen molar-refractivity contribution >= 4 is 21.9 Å². The highest BCUT2D eigenvalue weighted by Gasteiger charge is 2.31. The molecule has 1 unspecified atom stereocenters. The van der Waals surface area contributed by atoms with Gasteiger partial charge in [0.1, 0.15) is 5.56 Å². The van der Waals surface area contributed by atoms with Crippen molar-refractivity contribution in [3.8, 4) is 0 Å². The second-order valence-electron chi connectivity index (χ2n) is 6.43. The Morgan fingerprint density at radius 1 is 1.38 bits per heavy atom. The largest absolute Gasteiger partial charge is 0.462 e. The molecular formula is C19H23BrN2O2. The number of hydrogen-bond acceptors (Lipinski definition) is 3. The summed E-state index contributed by atoms with van der Waals surface area (Å²) in [6.45, 7) is 2.21. The van der Waals surface area contributed by atoms with Crippen molar-refractivity contribution in [3.05, 3.63) is 51.8 Å². The average Bonchev–Trinajstić information content (AvgIpc) is 3.31. The number of carbonyl (C=O) groups excluding carboxylic acids is 1. The van der Waals surface area contributed by atoms with Gasteiger partial charge in [0.15, 0.2) is 0 Å². The second kappa shape index (κ2) is 7.97. The lowest BCUT2D eigenvalue weighted by atomic mass is 9.89. The zero-order valence-corrected chi connectivity index (χ0v) is 15.5. The summed E-state index contributed by atoms with van der Waals surface area (Å²) in [7, 11) is 0. The molecule has 0 aliphatic heterocycles. The molecule has 0 bridgehead atoms. The van der Waals surface area contributed by atoms with E-state index in [2.05, 4.69) is 50.4 Å². The van der Waals surface area contributed by atoms with Crippen LogP contribution in [0.3, 0.4) is 0 Å². The van der Waals surface area contributed by atoms with Gasteiger partial charge in [-0.15, -0.1) is 0 Å². The van der Waals surface area contributed by atoms with Gasteiger partial charge in [-0.05, 0) is 68.6 Å². The third-order valence-corrected chi connectivity index (χ3v) is 5.20. The van der Waals surface area contributed by atoms with Gasteiger partial charge in [0.05, 0.1) is 12.3 Å². The number of aryl methyl sites for hydroxylation is 1. The van der Waals surface area contributed by atoms with Gasteiger partial charge >= 0.3 is 5.97 Å². The number of benzene rings is 1. The van der Waals surface area contributed by atoms with Crippen LogP contribution in [0.25, 0.3) is 0 Å². The van der Waals surface area contributed by atoms with E-state index in [-0.39, 0.29) is 5.97 Å². The van der Waals surface area contributed by atoms with E-state index in [0.717, 1.165) is 35.3 Å². The van der Waals surface area contributed by atoms with Gasteiger partial charge in [0, 0.05) is 10.7 Å². The highest BCUT2D eigenvalue weighted by Crippen LogP contribution is 2.40. The van der Waals surface area contributed by atoms with Crippen LogP contribution < -0.4 is 0 Å². The lowest BCUT2D eigenvalue weighted by molar-refractivity contribution is 0.0525. The summed E-state index contributed by atoms with van der Waals surface area (Å²) < 4.78 is 6.21. The molecule has 24 heavy (non-hydrogen) atoms. The van der Waals surface area contributed by atoms with Gasteiger partial charge in [-0.25, -0.2) is 4.79 Å². The molecule has 1 N–H and O–H groups in total. The summed E-state index contributed by atoms with van der Waals surface area (Å²) in [4.78, 5) is 12.0. The van der Waals surface area contributed by atoms with Crippen LogP contribution >= 0.6 is 15.9 Å². The number of ether oxygens (including phenoxy) is 1. The number of aromatic nitrogens is 2. The summed E-state index contributed by atoms with van der Waals surface area (Å²) in [5.74, 6) is 1.19. The van der Waals surface area contributed by atoms with Gasteiger partial charge in [0.25, 0.3) is 0 Å². The molecule has 1 aromatic carbocycles. The number of H-pyrrole nitrogens is 1. The van der Waals surface area contributed by atoms with Gasteiger partial charge < -0.3 is 4.74 Å². The molecule has 1 aliphatic rings. The Hall–Kier alpha value is -1.62. The molecule has 2 aromatic rings. The topological polar surface area (TPSA) is 55.0 Å². The van der Waals surface area contributed by atoms with E-state index in [1.807, 2.05) is 6.92 Å². The Morgan fingerprint density at radius 2 is 2.12 bits per heavy atom. The molecule has 0 saturated heterocycles. The fraction of sp³-hybridized carbons (Fsp3) is 0.474. The van der Waals surface area contributed by atoms with Crippen molar-refractivity contribution in [2.75, 3.05) is 6.61 Å². The summed E-state index contributed by atoms with van der Waals surface area (Å²) in [5, 5.41) is 7.06. The van der Waals surface area contributed by atoms with Crippen LogP contribution in [-0.4, -0.2) is 22.8 Å². The first-order valence-corrected chi connectivity index (χ1v) is 9.41. The first kappa shape index (κ1) is 17.2. The fourth-order valence-electron chi connectivity index (χ4n) is 3.21. The van der Waals surface area contributed by atoms with Crippen LogP contribution in [0, 0.1) is 11.8 Å². The summed E-state index contributed by atoms with van der Waals surface area (Å²) in [6.07, 6.45) is 7.26. The quantitative estimate of drug-likeness (QED) is 0.672. The van der Waals surface area contributed by atoms with E-state index >= 15 is 0 Å². The molecule has 1 heterocycles. The number of rotatable bonds is 8. The Morgan fingerprint density at radius 3 is 2.79 bits per heavy atom. The minimum Gasteiger partial charge on any atom is -0.462 e. The SMILES string of the molecule is CCOC(=O)c1c[nH]nc1CCC(Cc1ccc(Br)cc1)C1CC1. The first-order valence-electron chi connectivity index (χ1n) is 8.61. The number of nitrogens with zero attached hydrogens (tertiary/aromatic N) is 1. The van der Waals surface area contributed by atoms with Crippen LogP contribution in [0.4, 0.5) is 0 Å². The maximum Gasteiger partial charge on any atom is 0.341 e. The van der Waals surface area contributed by atoms with Crippen LogP contribution in [0.2, 0.25) is 0 Å². The van der Waals surface area contributed by atoms with Crippen LogP contribution in [0.15, 0.2) is 34.9 Å². The zero-order chi connectivity index (χ0) is 16.9. The predicted molar refractivity (Wildman–Crippen MR) is 96.9 cm³/mol. The summed E-state index contributed by atoms with van der Waals surface area (Å²) >= 11 is 3.49. The number of carbonyl (C=O) groups is 1. The Kier molecular flexibility index (Phi) is 5.72. The van der Waals surface area contributed by atoms with Crippen molar-refractivity contribution < 1.29 is 9.53 Å². The van der Waals surface area contributed by atoms with E-state index in [1.165, 1.54) is 18.4 Å². The second-order valence-corrected chi connectivity index (χ2v) is 7.35. The molecule has 1 saturated carbocycles. The fourth-order valence-corrected chi connectivity index (χ4v) is 3.48. The molecule has 1 aromatic heterocycles. The number of nitrogens with one attached hydrogen (secondary N) is 1. The molecule has 5 heteroatoms. The molecule has 0 spiro atoms. The number of aromatic amines is 1. The number of esters is 1. The maximum absolute atomic E-state index is 12.0. The molecular weight excluding hydrogens is 368 g/mol. The molecule has 1 aliphatic carbocycles. The van der Waals surface area contributed by atoms with Gasteiger partial charge in [-0.1, -0.05) is 28.1 Å². The third kappa shape index (κ3) is 4.47. The Bertz CT molecular complexity index is 677. The smallest absolute Gasteiger partial charge is 0.341 e. The highest BCUT2D eigenvalue weighted by molar-refractivity contribution is 9.10. The molecule has 0 amide bonds. The van der Waals surface area contributed by atoms with Crippen LogP contribution in [0.5, 0.6) is 0 Å². The van der Waals surface area contributed by atoms with E-state index in [0.29, 0.717) is 18.1 Å². The Labute approximate surface area is 151 Å². The lowest BCUT2D eigenvalue weighted by Crippen LogP contribution is -2.11. The van der Waals surface area contributed by atoms with Crippen molar-refractivity contribution in [2.24, 2.45) is 11.8 Å². The van der Waals surface area contributed by atoms with Crippen LogP contribution in [0.1, 0.15) is 47.8 Å². The zero-order valence-electron chi connectivity index (χ0n) is 13.9. The van der Waals surface area contributed by atoms with Gasteiger partial charge in [0.2, 0.25) is 0 Å². The molecule has 1 fully saturated rings. The van der Waals surface area contributed by atoms with Crippen molar-refractivity contribution in [1.29, 1.82) is 0 Å². The van der Waals surface area contributed by atoms with E-state index in [4.69, 9.17) is 4.74 Å². The normalized spacial score (nSPS) is 15.2. The minimum atomic E-state index is -0.280. The molecule has 4 nitrogen and oxygen atoms in total. The number of halogens is 1. The Balaban J connectivity index is 1.62. The molecule has 128 valence electrons. The highest BCUT2D eigenvalue weighted by atomic mass is 79.9. The molecule has 0 radical (unpaired) electrons. The molecule has 1 atom stereocenters. The van der Waals surface area contributed by atoms with E-state index < -0.39 is 0 Å². The van der Waals surface area contributed by atoms with E-state index in [9.17, 15) is 4.79 Å². The average molecular weight is 391 g/mol. The maximum atomic E-state index is 12.0. The van der Waals surface area contributed by atoms with Crippen LogP contribution in [-0.2, 0) is 17.6 Å². The van der Waals surface area contributed by atoms with Crippen molar-refractivity contribution in [3.63, 3.8) is 0 Å². The monoisotopic (exact) mass is 390 g/mol. The molecule has 3 rings (SSSR count). The minimum absolute atomic E-state index is 0.280. The lowest BCUT2D eigenvalue weighted by Gasteiger charge is -2.16. The van der Waals surface area contributed by atoms with Gasteiger partial charge in [-0.3, -0.25) is 5.10 Å². The van der Waals surface area contributed by atoms with Crippen molar-refractivity contribution in [1.82, 2.24) is 10.2 Å². The summed E-state index contributed by atoms with van der Waals surface area (Å²) in [5.41, 5.74) is 2.78. The van der Waals surface area contributed by atoms with Crippen molar-refractivity contribution in [2.45, 2.75) is 39.0 Å².